The van der Waals surface area contributed by atoms with E-state index in [2.05, 4.69) is 48.6 Å². The van der Waals surface area contributed by atoms with Crippen molar-refractivity contribution in [3.05, 3.63) is 47.7 Å². The molecule has 1 saturated carbocycles. The van der Waals surface area contributed by atoms with E-state index < -0.39 is 0 Å². The number of rotatable bonds is 6. The summed E-state index contributed by atoms with van der Waals surface area (Å²) in [5.74, 6) is 1.18. The Morgan fingerprint density at radius 2 is 2.05 bits per heavy atom. The van der Waals surface area contributed by atoms with Gasteiger partial charge in [-0.2, -0.15) is 0 Å². The van der Waals surface area contributed by atoms with Gasteiger partial charge >= 0.3 is 0 Å². The lowest BCUT2D eigenvalue weighted by Gasteiger charge is -2.29. The lowest BCUT2D eigenvalue weighted by Crippen LogP contribution is -2.42. The summed E-state index contributed by atoms with van der Waals surface area (Å²) in [6, 6.07) is 11.3. The van der Waals surface area contributed by atoms with Crippen LogP contribution in [0.5, 0.6) is 0 Å². The minimum Gasteiger partial charge on any atom is -0.496 e. The summed E-state index contributed by atoms with van der Waals surface area (Å²) >= 11 is 0. The molecule has 1 aromatic rings. The molecule has 2 heteroatoms. The third kappa shape index (κ3) is 2.42. The molecule has 0 bridgehead atoms. The second kappa shape index (κ2) is 5.38. The summed E-state index contributed by atoms with van der Waals surface area (Å²) in [5.41, 5.74) is 1.73. The van der Waals surface area contributed by atoms with Gasteiger partial charge in [0, 0.05) is 11.8 Å². The summed E-state index contributed by atoms with van der Waals surface area (Å²) in [6.45, 7) is 4.13. The largest absolute Gasteiger partial charge is 0.496 e. The van der Waals surface area contributed by atoms with E-state index in [0.717, 1.165) is 26.0 Å². The second-order valence-corrected chi connectivity index (χ2v) is 5.65. The summed E-state index contributed by atoms with van der Waals surface area (Å²) in [5, 5.41) is 3.72. The SMILES string of the molecule is CCCNC(C1=CCCO1)C1(c2ccccc2)CC1. The summed E-state index contributed by atoms with van der Waals surface area (Å²) in [4.78, 5) is 0. The van der Waals surface area contributed by atoms with Gasteiger partial charge in [0.15, 0.2) is 0 Å². The average molecular weight is 257 g/mol. The van der Waals surface area contributed by atoms with E-state index >= 15 is 0 Å². The van der Waals surface area contributed by atoms with Crippen molar-refractivity contribution in [2.75, 3.05) is 13.2 Å². The number of hydrogen-bond acceptors (Lipinski definition) is 2. The van der Waals surface area contributed by atoms with Crippen LogP contribution in [0.2, 0.25) is 0 Å². The molecule has 2 aliphatic rings. The van der Waals surface area contributed by atoms with Crippen LogP contribution >= 0.6 is 0 Å². The molecule has 19 heavy (non-hydrogen) atoms. The van der Waals surface area contributed by atoms with Crippen LogP contribution in [0.15, 0.2) is 42.2 Å². The Labute approximate surface area is 115 Å². The normalized spacial score (nSPS) is 21.6. The maximum absolute atomic E-state index is 5.86. The lowest BCUT2D eigenvalue weighted by atomic mass is 9.86. The van der Waals surface area contributed by atoms with E-state index in [9.17, 15) is 0 Å². The number of benzene rings is 1. The van der Waals surface area contributed by atoms with Crippen LogP contribution < -0.4 is 5.32 Å². The predicted octanol–water partition coefficient (Wildman–Crippen LogP) is 3.39. The van der Waals surface area contributed by atoms with Crippen LogP contribution in [-0.4, -0.2) is 19.2 Å². The van der Waals surface area contributed by atoms with Crippen LogP contribution in [-0.2, 0) is 10.2 Å². The number of nitrogens with one attached hydrogen (secondary N) is 1. The molecule has 1 N–H and O–H groups in total. The second-order valence-electron chi connectivity index (χ2n) is 5.65. The van der Waals surface area contributed by atoms with Crippen molar-refractivity contribution < 1.29 is 4.74 Å². The van der Waals surface area contributed by atoms with Crippen LogP contribution in [0, 0.1) is 0 Å². The highest BCUT2D eigenvalue weighted by atomic mass is 16.5. The topological polar surface area (TPSA) is 21.3 Å². The van der Waals surface area contributed by atoms with E-state index in [1.807, 2.05) is 0 Å². The van der Waals surface area contributed by atoms with E-state index in [1.54, 1.807) is 0 Å². The fraction of sp³-hybridized carbons (Fsp3) is 0.529. The standard InChI is InChI=1S/C17H23NO/c1-2-12-18-16(15-9-6-13-19-15)17(10-11-17)14-7-4-3-5-8-14/h3-5,7-9,16,18H,2,6,10-13H2,1H3. The minimum atomic E-state index is 0.270. The summed E-state index contributed by atoms with van der Waals surface area (Å²) in [7, 11) is 0. The Bertz CT molecular complexity index is 448. The van der Waals surface area contributed by atoms with Crippen molar-refractivity contribution in [2.24, 2.45) is 0 Å². The number of hydrogen-bond donors (Lipinski definition) is 1. The van der Waals surface area contributed by atoms with Crippen LogP contribution in [0.25, 0.3) is 0 Å². The fourth-order valence-electron chi connectivity index (χ4n) is 3.14. The molecule has 0 saturated heterocycles. The lowest BCUT2D eigenvalue weighted by molar-refractivity contribution is 0.201. The highest BCUT2D eigenvalue weighted by Gasteiger charge is 2.52. The van der Waals surface area contributed by atoms with Gasteiger partial charge < -0.3 is 10.1 Å². The first kappa shape index (κ1) is 12.7. The molecule has 1 aliphatic heterocycles. The van der Waals surface area contributed by atoms with Gasteiger partial charge in [0.2, 0.25) is 0 Å². The molecule has 1 unspecified atom stereocenters. The maximum atomic E-state index is 5.86. The van der Waals surface area contributed by atoms with Gasteiger partial charge in [0.25, 0.3) is 0 Å². The van der Waals surface area contributed by atoms with Crippen LogP contribution in [0.1, 0.15) is 38.2 Å². The summed E-state index contributed by atoms with van der Waals surface area (Å²) < 4.78 is 5.86. The van der Waals surface area contributed by atoms with E-state index in [1.165, 1.54) is 24.2 Å². The minimum absolute atomic E-state index is 0.270. The van der Waals surface area contributed by atoms with E-state index in [-0.39, 0.29) is 5.41 Å². The predicted molar refractivity (Wildman–Crippen MR) is 78.1 cm³/mol. The molecule has 1 heterocycles. The molecule has 0 amide bonds. The van der Waals surface area contributed by atoms with Gasteiger partial charge in [-0.3, -0.25) is 0 Å². The van der Waals surface area contributed by atoms with Gasteiger partial charge in [-0.15, -0.1) is 0 Å². The van der Waals surface area contributed by atoms with Crippen molar-refractivity contribution >= 4 is 0 Å². The Hall–Kier alpha value is -1.28. The average Bonchev–Trinajstić information content (AvgIpc) is 3.08. The van der Waals surface area contributed by atoms with Crippen molar-refractivity contribution in [2.45, 2.75) is 44.1 Å². The Balaban J connectivity index is 1.86. The molecule has 0 aromatic heterocycles. The highest BCUT2D eigenvalue weighted by molar-refractivity contribution is 5.37. The van der Waals surface area contributed by atoms with Gasteiger partial charge in [0.1, 0.15) is 5.76 Å². The highest BCUT2D eigenvalue weighted by Crippen LogP contribution is 2.53. The fourth-order valence-corrected chi connectivity index (χ4v) is 3.14. The Morgan fingerprint density at radius 1 is 1.26 bits per heavy atom. The first-order valence-electron chi connectivity index (χ1n) is 7.48. The Morgan fingerprint density at radius 3 is 2.63 bits per heavy atom. The van der Waals surface area contributed by atoms with Gasteiger partial charge in [0.05, 0.1) is 12.6 Å². The van der Waals surface area contributed by atoms with E-state index in [4.69, 9.17) is 4.74 Å². The zero-order chi connectivity index (χ0) is 13.1. The molecule has 102 valence electrons. The maximum Gasteiger partial charge on any atom is 0.110 e. The zero-order valence-electron chi connectivity index (χ0n) is 11.7. The van der Waals surface area contributed by atoms with Crippen LogP contribution in [0.4, 0.5) is 0 Å². The third-order valence-corrected chi connectivity index (χ3v) is 4.31. The first-order valence-corrected chi connectivity index (χ1v) is 7.48. The van der Waals surface area contributed by atoms with Gasteiger partial charge in [-0.1, -0.05) is 37.3 Å². The Kier molecular flexibility index (Phi) is 3.61. The van der Waals surface area contributed by atoms with Crippen molar-refractivity contribution in [1.82, 2.24) is 5.32 Å². The number of ether oxygens (including phenoxy) is 1. The smallest absolute Gasteiger partial charge is 0.110 e. The van der Waals surface area contributed by atoms with Crippen molar-refractivity contribution in [1.29, 1.82) is 0 Å². The van der Waals surface area contributed by atoms with Gasteiger partial charge in [-0.25, -0.2) is 0 Å². The molecule has 1 aromatic carbocycles. The van der Waals surface area contributed by atoms with Crippen molar-refractivity contribution in [3.63, 3.8) is 0 Å². The molecule has 1 aliphatic carbocycles. The first-order chi connectivity index (χ1) is 9.37. The molecule has 1 fully saturated rings. The summed E-state index contributed by atoms with van der Waals surface area (Å²) in [6.07, 6.45) is 7.02. The molecule has 3 rings (SSSR count). The van der Waals surface area contributed by atoms with Crippen LogP contribution in [0.3, 0.4) is 0 Å². The van der Waals surface area contributed by atoms with Gasteiger partial charge in [-0.05, 0) is 37.4 Å². The van der Waals surface area contributed by atoms with E-state index in [0.29, 0.717) is 6.04 Å². The molecule has 2 nitrogen and oxygen atoms in total. The molecule has 1 atom stereocenters. The molecule has 0 radical (unpaired) electrons. The monoisotopic (exact) mass is 257 g/mol. The quantitative estimate of drug-likeness (QED) is 0.843. The molecular formula is C17H23NO. The molecule has 0 spiro atoms. The van der Waals surface area contributed by atoms with Crippen molar-refractivity contribution in [3.8, 4) is 0 Å². The molecular weight excluding hydrogens is 234 g/mol. The third-order valence-electron chi connectivity index (χ3n) is 4.31. The zero-order valence-corrected chi connectivity index (χ0v) is 11.7.